The second-order valence-corrected chi connectivity index (χ2v) is 11.5. The van der Waals surface area contributed by atoms with Crippen molar-refractivity contribution in [3.05, 3.63) is 181 Å². The number of hydrogen-bond donors (Lipinski definition) is 0. The van der Waals surface area contributed by atoms with Crippen molar-refractivity contribution in [2.24, 2.45) is 0 Å². The van der Waals surface area contributed by atoms with Gasteiger partial charge in [-0.05, 0) is 82.8 Å². The third kappa shape index (κ3) is 4.19. The molecular weight excluding hydrogens is 621 g/mol. The van der Waals surface area contributed by atoms with E-state index in [9.17, 15) is 8.22 Å². The van der Waals surface area contributed by atoms with E-state index in [1.807, 2.05) is 0 Å². The first-order valence-electron chi connectivity index (χ1n) is 27.5. The second-order valence-electron chi connectivity index (χ2n) is 11.5. The van der Waals surface area contributed by atoms with Crippen LogP contribution in [0.25, 0.3) is 99.2 Å². The molecule has 51 heavy (non-hydrogen) atoms. The Bertz CT molecular complexity index is 4430. The number of benzene rings is 8. The molecule has 3 heteroatoms. The molecule has 238 valence electrons. The molecule has 3 heterocycles. The van der Waals surface area contributed by atoms with Gasteiger partial charge in [0.1, 0.15) is 11.2 Å². The number of fused-ring (bicyclic) bond motifs is 9. The maximum Gasteiger partial charge on any atom is 0.137 e. The molecule has 0 radical (unpaired) electrons. The summed E-state index contributed by atoms with van der Waals surface area (Å²) in [7, 11) is 0. The van der Waals surface area contributed by atoms with E-state index in [2.05, 4.69) is 0 Å². The van der Waals surface area contributed by atoms with E-state index < -0.39 is 173 Å². The van der Waals surface area contributed by atoms with E-state index in [1.165, 1.54) is 34.9 Å². The largest absolute Gasteiger partial charge is 0.456 e. The molecule has 0 unspecified atom stereocenters. The smallest absolute Gasteiger partial charge is 0.137 e. The van der Waals surface area contributed by atoms with Crippen LogP contribution in [-0.2, 0) is 0 Å². The van der Waals surface area contributed by atoms with Crippen molar-refractivity contribution in [1.29, 1.82) is 0 Å². The van der Waals surface area contributed by atoms with Gasteiger partial charge in [0.15, 0.2) is 0 Å². The summed E-state index contributed by atoms with van der Waals surface area (Å²) in [6.07, 6.45) is 0. The molecule has 0 N–H and O–H groups in total. The predicted octanol–water partition coefficient (Wildman–Crippen LogP) is 13.1. The lowest BCUT2D eigenvalue weighted by Crippen LogP contribution is -1.97. The van der Waals surface area contributed by atoms with Gasteiger partial charge in [-0.25, -0.2) is 0 Å². The van der Waals surface area contributed by atoms with Gasteiger partial charge in [0, 0.05) is 32.6 Å². The highest BCUT2D eigenvalue weighted by Gasteiger charge is 2.20. The molecule has 0 bridgehead atoms. The molecule has 0 saturated heterocycles. The van der Waals surface area contributed by atoms with Crippen molar-refractivity contribution in [3.63, 3.8) is 0 Å². The summed E-state index contributed by atoms with van der Waals surface area (Å²) >= 11 is 0. The van der Waals surface area contributed by atoms with Gasteiger partial charge in [0.25, 0.3) is 0 Å². The molecule has 8 aromatic carbocycles. The quantitative estimate of drug-likeness (QED) is 0.182. The zero-order valence-electron chi connectivity index (χ0n) is 49.8. The van der Waals surface area contributed by atoms with Crippen molar-refractivity contribution in [2.45, 2.75) is 0 Å². The minimum atomic E-state index is -0.818. The van der Waals surface area contributed by atoms with Gasteiger partial charge in [0.2, 0.25) is 0 Å². The van der Waals surface area contributed by atoms with E-state index in [0.717, 1.165) is 4.57 Å². The number of para-hydroxylation sites is 3. The number of rotatable bonds is 4. The highest BCUT2D eigenvalue weighted by Crippen LogP contribution is 2.41. The molecule has 11 aromatic rings. The molecule has 0 fully saturated rings. The fourth-order valence-corrected chi connectivity index (χ4v) is 6.64. The number of aromatic nitrogens is 2. The zero-order valence-corrected chi connectivity index (χ0v) is 25.8. The topological polar surface area (TPSA) is 23.0 Å². The highest BCUT2D eigenvalue weighted by atomic mass is 16.3. The molecule has 3 nitrogen and oxygen atoms in total. The van der Waals surface area contributed by atoms with Crippen molar-refractivity contribution in [2.75, 3.05) is 0 Å². The normalized spacial score (nSPS) is 18.5. The lowest BCUT2D eigenvalue weighted by molar-refractivity contribution is 0.669. The Kier molecular flexibility index (Phi) is 2.86. The molecular formula is C48H30N2O. The Morgan fingerprint density at radius 3 is 1.75 bits per heavy atom. The fraction of sp³-hybridized carbons (Fsp3) is 0. The van der Waals surface area contributed by atoms with Gasteiger partial charge in [-0.15, -0.1) is 0 Å². The van der Waals surface area contributed by atoms with Crippen LogP contribution in [0.3, 0.4) is 0 Å². The van der Waals surface area contributed by atoms with Gasteiger partial charge in [0.05, 0.1) is 66.0 Å². The number of furan rings is 1. The predicted molar refractivity (Wildman–Crippen MR) is 213 cm³/mol. The van der Waals surface area contributed by atoms with Crippen LogP contribution in [0, 0.1) is 0 Å². The third-order valence-electron chi connectivity index (χ3n) is 8.78. The van der Waals surface area contributed by atoms with E-state index in [1.54, 1.807) is 6.07 Å². The van der Waals surface area contributed by atoms with E-state index in [4.69, 9.17) is 29.1 Å². The summed E-state index contributed by atoms with van der Waals surface area (Å²) < 4.78 is 222. The summed E-state index contributed by atoms with van der Waals surface area (Å²) in [4.78, 5) is 0. The maximum absolute atomic E-state index is 10.1. The van der Waals surface area contributed by atoms with Crippen molar-refractivity contribution in [3.8, 4) is 33.6 Å². The van der Waals surface area contributed by atoms with Gasteiger partial charge >= 0.3 is 0 Å². The second kappa shape index (κ2) is 10.8. The minimum Gasteiger partial charge on any atom is -0.456 e. The lowest BCUT2D eigenvalue weighted by Gasteiger charge is -2.12. The Morgan fingerprint density at radius 2 is 1.02 bits per heavy atom. The summed E-state index contributed by atoms with van der Waals surface area (Å²) in [6.45, 7) is 0. The van der Waals surface area contributed by atoms with Gasteiger partial charge in [-0.2, -0.15) is 0 Å². The molecule has 3 aromatic heterocycles. The van der Waals surface area contributed by atoms with Crippen LogP contribution in [0.15, 0.2) is 186 Å². The summed E-state index contributed by atoms with van der Waals surface area (Å²) in [5, 5.41) is -1.02. The van der Waals surface area contributed by atoms with E-state index in [0.29, 0.717) is 0 Å². The molecule has 0 aliphatic rings. The number of hydrogen-bond acceptors (Lipinski definition) is 1. The SMILES string of the molecule is [2H]c1c([2H])c([2H])c(-c2c([2H])c([2H])c([2H])c(-c3ccc4oc5cccc(-n6c7c([2H])c([2H])c([2H])c([2H])c7c7c([2H])c([2H])c(-n8c9c([2H])c([2H])c([2H])c([2H])c9c9c([2H])c([2H])c([2H])c([2H])c98)c([2H])c76)c5c4c3)c2[2H])c([2H])c1[2H]. The Balaban J connectivity index is 1.31. The monoisotopic (exact) mass is 674 g/mol. The lowest BCUT2D eigenvalue weighted by atomic mass is 9.98. The van der Waals surface area contributed by atoms with Crippen LogP contribution in [0.5, 0.6) is 0 Å². The van der Waals surface area contributed by atoms with Gasteiger partial charge < -0.3 is 13.6 Å². The molecule has 0 saturated carbocycles. The van der Waals surface area contributed by atoms with Crippen LogP contribution in [0.4, 0.5) is 0 Å². The summed E-state index contributed by atoms with van der Waals surface area (Å²) in [5.74, 6) is 0. The average molecular weight is 675 g/mol. The first-order chi connectivity index (χ1) is 35.3. The Hall–Kier alpha value is -6.84. The van der Waals surface area contributed by atoms with Crippen molar-refractivity contribution in [1.82, 2.24) is 9.13 Å². The Labute approximate surface area is 327 Å². The number of nitrogens with zero attached hydrogens (tertiary/aromatic N) is 2. The molecule has 0 aliphatic heterocycles. The van der Waals surface area contributed by atoms with E-state index in [-0.39, 0.29) is 71.3 Å². The van der Waals surface area contributed by atoms with Crippen molar-refractivity contribution < 1.29 is 37.3 Å². The summed E-state index contributed by atoms with van der Waals surface area (Å²) in [5.41, 5.74) is -3.14. The first-order valence-corrected chi connectivity index (χ1v) is 15.5. The summed E-state index contributed by atoms with van der Waals surface area (Å²) in [6, 6.07) is -8.55. The molecule has 0 amide bonds. The molecule has 0 spiro atoms. The Morgan fingerprint density at radius 1 is 0.412 bits per heavy atom. The van der Waals surface area contributed by atoms with Crippen LogP contribution < -0.4 is 0 Å². The van der Waals surface area contributed by atoms with Crippen LogP contribution in [0.1, 0.15) is 32.9 Å². The third-order valence-corrected chi connectivity index (χ3v) is 8.78. The minimum absolute atomic E-state index is 0.0239. The van der Waals surface area contributed by atoms with Crippen LogP contribution in [0.2, 0.25) is 0 Å². The highest BCUT2D eigenvalue weighted by molar-refractivity contribution is 6.15. The first kappa shape index (κ1) is 13.5. The van der Waals surface area contributed by atoms with Gasteiger partial charge in [-0.3, -0.25) is 0 Å². The standard InChI is InChI=1S/C48H30N2O/c1-2-12-31(13-3-1)32-14-10-15-33(28-32)34-24-27-46-40(29-34)48-44(22-11-23-47(48)51-46)50-43-21-9-6-18-38(43)39-26-25-35(30-45(39)50)49-41-19-7-4-16-36(41)37-17-5-8-20-42(37)49/h1-30H/i1D,2D,3D,4D,5D,6D,7D,8D,9D,10D,12D,13D,14D,15D,16D,17D,18D,19D,20D,21D,25D,26D,28D,30D. The molecule has 11 rings (SSSR count). The van der Waals surface area contributed by atoms with E-state index >= 15 is 0 Å². The fourth-order valence-electron chi connectivity index (χ4n) is 6.64. The van der Waals surface area contributed by atoms with Crippen LogP contribution >= 0.6 is 0 Å². The van der Waals surface area contributed by atoms with Crippen molar-refractivity contribution >= 4 is 65.6 Å². The zero-order chi connectivity index (χ0) is 54.4. The molecule has 0 atom stereocenters. The van der Waals surface area contributed by atoms with Crippen LogP contribution in [-0.4, -0.2) is 9.13 Å². The maximum atomic E-state index is 10.1. The molecule has 0 aliphatic carbocycles. The average Bonchev–Trinajstić information content (AvgIpc) is 4.15. The van der Waals surface area contributed by atoms with Gasteiger partial charge in [-0.1, -0.05) is 121 Å².